The van der Waals surface area contributed by atoms with Gasteiger partial charge in [-0.1, -0.05) is 6.07 Å². The molecule has 1 aliphatic carbocycles. The minimum Gasteiger partial charge on any atom is -0.307 e. The molecule has 3 aliphatic rings. The van der Waals surface area contributed by atoms with Crippen molar-refractivity contribution in [1.82, 2.24) is 24.6 Å². The van der Waals surface area contributed by atoms with E-state index in [4.69, 9.17) is 0 Å². The summed E-state index contributed by atoms with van der Waals surface area (Å²) < 4.78 is 16.9. The Kier molecular flexibility index (Phi) is 4.57. The number of pyridine rings is 1. The highest BCUT2D eigenvalue weighted by Gasteiger charge is 2.32. The summed E-state index contributed by atoms with van der Waals surface area (Å²) in [4.78, 5) is 20.0. The number of halogens is 1. The number of carbonyl (C=O) groups is 1. The van der Waals surface area contributed by atoms with Crippen LogP contribution in [0.15, 0.2) is 30.3 Å². The highest BCUT2D eigenvalue weighted by molar-refractivity contribution is 6.04. The van der Waals surface area contributed by atoms with Crippen LogP contribution < -0.4 is 5.32 Å². The van der Waals surface area contributed by atoms with Crippen molar-refractivity contribution in [1.29, 1.82) is 0 Å². The third-order valence-electron chi connectivity index (χ3n) is 6.85. The van der Waals surface area contributed by atoms with Crippen molar-refractivity contribution in [2.24, 2.45) is 0 Å². The van der Waals surface area contributed by atoms with Gasteiger partial charge in [-0.25, -0.2) is 9.37 Å². The van der Waals surface area contributed by atoms with Crippen molar-refractivity contribution in [3.8, 4) is 11.5 Å². The Hall–Kier alpha value is -3.13. The zero-order chi connectivity index (χ0) is 21.8. The fraction of sp³-hybridized carbons (Fsp3) is 0.417. The molecule has 0 unspecified atom stereocenters. The van der Waals surface area contributed by atoms with Crippen LogP contribution in [0, 0.1) is 5.82 Å². The van der Waals surface area contributed by atoms with Gasteiger partial charge >= 0.3 is 0 Å². The first-order chi connectivity index (χ1) is 15.6. The maximum absolute atomic E-state index is 14.8. The van der Waals surface area contributed by atoms with Crippen LogP contribution in [-0.2, 0) is 19.4 Å². The van der Waals surface area contributed by atoms with Crippen molar-refractivity contribution in [2.75, 3.05) is 11.9 Å². The number of hydrogen-bond acceptors (Lipinski definition) is 5. The Bertz CT molecular complexity index is 1220. The summed E-state index contributed by atoms with van der Waals surface area (Å²) >= 11 is 0. The average molecular weight is 433 g/mol. The third kappa shape index (κ3) is 3.39. The maximum Gasteiger partial charge on any atom is 0.259 e. The predicted molar refractivity (Wildman–Crippen MR) is 118 cm³/mol. The summed E-state index contributed by atoms with van der Waals surface area (Å²) in [6.45, 7) is 3.88. The van der Waals surface area contributed by atoms with E-state index < -0.39 is 11.7 Å². The van der Waals surface area contributed by atoms with Crippen molar-refractivity contribution < 1.29 is 9.18 Å². The van der Waals surface area contributed by atoms with Gasteiger partial charge in [0.25, 0.3) is 5.91 Å². The van der Waals surface area contributed by atoms with Crippen LogP contribution in [0.4, 0.5) is 10.2 Å². The number of rotatable bonds is 4. The summed E-state index contributed by atoms with van der Waals surface area (Å²) in [7, 11) is 0. The van der Waals surface area contributed by atoms with Crippen LogP contribution in [0.1, 0.15) is 59.5 Å². The Morgan fingerprint density at radius 1 is 1.12 bits per heavy atom. The number of nitrogens with zero attached hydrogens (tertiary/aromatic N) is 5. The van der Waals surface area contributed by atoms with Gasteiger partial charge in [0.1, 0.15) is 23.2 Å². The third-order valence-corrected chi connectivity index (χ3v) is 6.85. The number of hydrogen-bond donors (Lipinski definition) is 1. The number of anilines is 1. The predicted octanol–water partition coefficient (Wildman–Crippen LogP) is 3.76. The van der Waals surface area contributed by atoms with Crippen molar-refractivity contribution in [3.05, 3.63) is 58.7 Å². The molecule has 2 aromatic heterocycles. The van der Waals surface area contributed by atoms with E-state index in [1.165, 1.54) is 18.9 Å². The highest BCUT2D eigenvalue weighted by atomic mass is 19.1. The molecule has 4 heterocycles. The molecule has 164 valence electrons. The second kappa shape index (κ2) is 7.48. The minimum atomic E-state index is -0.488. The molecule has 1 aromatic carbocycles. The zero-order valence-electron chi connectivity index (χ0n) is 18.0. The fourth-order valence-electron chi connectivity index (χ4n) is 4.94. The molecule has 32 heavy (non-hydrogen) atoms. The van der Waals surface area contributed by atoms with Gasteiger partial charge < -0.3 is 9.88 Å². The first kappa shape index (κ1) is 19.5. The lowest BCUT2D eigenvalue weighted by Crippen LogP contribution is -2.32. The van der Waals surface area contributed by atoms with Gasteiger partial charge in [-0.3, -0.25) is 9.69 Å². The molecular weight excluding hydrogens is 407 g/mol. The average Bonchev–Trinajstić information content (AvgIpc) is 3.45. The SMILES string of the molecule is C[C@H]1CCc2nnc(-c3cccc(NC(=O)c4cc5c(cc4F)CCN(C4CC4)C5)n3)n21. The summed E-state index contributed by atoms with van der Waals surface area (Å²) in [5.41, 5.74) is 2.75. The number of aryl methyl sites for hydroxylation is 1. The molecule has 6 rings (SSSR count). The fourth-order valence-corrected chi connectivity index (χ4v) is 4.94. The number of amides is 1. The zero-order valence-corrected chi connectivity index (χ0v) is 18.0. The first-order valence-corrected chi connectivity index (χ1v) is 11.3. The Labute approximate surface area is 185 Å². The van der Waals surface area contributed by atoms with E-state index >= 15 is 0 Å². The Morgan fingerprint density at radius 2 is 2.00 bits per heavy atom. The van der Waals surface area contributed by atoms with Crippen molar-refractivity contribution in [3.63, 3.8) is 0 Å². The first-order valence-electron chi connectivity index (χ1n) is 11.3. The maximum atomic E-state index is 14.8. The number of benzene rings is 1. The van der Waals surface area contributed by atoms with Crippen LogP contribution in [0.2, 0.25) is 0 Å². The molecule has 7 nitrogen and oxygen atoms in total. The molecule has 3 aromatic rings. The second-order valence-corrected chi connectivity index (χ2v) is 9.11. The van der Waals surface area contributed by atoms with E-state index in [2.05, 4.69) is 36.9 Å². The number of carbonyl (C=O) groups excluding carboxylic acids is 1. The lowest BCUT2D eigenvalue weighted by Gasteiger charge is -2.29. The minimum absolute atomic E-state index is 0.0607. The van der Waals surface area contributed by atoms with Gasteiger partial charge in [0, 0.05) is 31.6 Å². The topological polar surface area (TPSA) is 75.9 Å². The summed E-state index contributed by atoms with van der Waals surface area (Å²) in [6, 6.07) is 9.58. The Morgan fingerprint density at radius 3 is 2.84 bits per heavy atom. The highest BCUT2D eigenvalue weighted by Crippen LogP contribution is 2.33. The molecule has 1 amide bonds. The molecule has 0 saturated heterocycles. The second-order valence-electron chi connectivity index (χ2n) is 9.11. The lowest BCUT2D eigenvalue weighted by molar-refractivity contribution is 0.102. The molecule has 2 aliphatic heterocycles. The summed E-state index contributed by atoms with van der Waals surface area (Å²) in [5, 5.41) is 11.3. The monoisotopic (exact) mass is 432 g/mol. The van der Waals surface area contributed by atoms with Crippen LogP contribution in [0.5, 0.6) is 0 Å². The number of aromatic nitrogens is 4. The van der Waals surface area contributed by atoms with Crippen molar-refractivity contribution in [2.45, 2.75) is 57.7 Å². The van der Waals surface area contributed by atoms with Crippen LogP contribution in [0.3, 0.4) is 0 Å². The summed E-state index contributed by atoms with van der Waals surface area (Å²) in [5.74, 6) is 1.05. The van der Waals surface area contributed by atoms with E-state index in [1.807, 2.05) is 12.1 Å². The van der Waals surface area contributed by atoms with Gasteiger partial charge in [-0.2, -0.15) is 0 Å². The van der Waals surface area contributed by atoms with Gasteiger partial charge in [-0.15, -0.1) is 10.2 Å². The Balaban J connectivity index is 1.25. The van der Waals surface area contributed by atoms with Crippen LogP contribution in [0.25, 0.3) is 11.5 Å². The lowest BCUT2D eigenvalue weighted by atomic mass is 9.96. The number of nitrogens with one attached hydrogen (secondary N) is 1. The van der Waals surface area contributed by atoms with E-state index in [9.17, 15) is 9.18 Å². The molecule has 1 N–H and O–H groups in total. The van der Waals surface area contributed by atoms with Crippen LogP contribution in [-0.4, -0.2) is 43.1 Å². The van der Waals surface area contributed by atoms with E-state index in [-0.39, 0.29) is 5.56 Å². The largest absolute Gasteiger partial charge is 0.307 e. The molecule has 0 radical (unpaired) electrons. The molecular formula is C24H25FN6O. The normalized spacial score (nSPS) is 20.1. The molecule has 1 saturated carbocycles. The van der Waals surface area contributed by atoms with E-state index in [1.54, 1.807) is 12.1 Å². The smallest absolute Gasteiger partial charge is 0.259 e. The van der Waals surface area contributed by atoms with E-state index in [0.717, 1.165) is 49.3 Å². The van der Waals surface area contributed by atoms with Gasteiger partial charge in [0.2, 0.25) is 0 Å². The van der Waals surface area contributed by atoms with Crippen LogP contribution >= 0.6 is 0 Å². The molecule has 0 spiro atoms. The number of fused-ring (bicyclic) bond motifs is 2. The molecule has 8 heteroatoms. The van der Waals surface area contributed by atoms with Crippen molar-refractivity contribution >= 4 is 11.7 Å². The van der Waals surface area contributed by atoms with Gasteiger partial charge in [0.05, 0.1) is 5.56 Å². The molecule has 0 bridgehead atoms. The summed E-state index contributed by atoms with van der Waals surface area (Å²) in [6.07, 6.45) is 5.24. The molecule has 1 atom stereocenters. The molecule has 1 fully saturated rings. The van der Waals surface area contributed by atoms with Gasteiger partial charge in [0.15, 0.2) is 5.82 Å². The quantitative estimate of drug-likeness (QED) is 0.679. The standard InChI is InChI=1S/C24H25FN6O/c1-14-5-8-22-28-29-23(31(14)22)20-3-2-4-21(26-20)27-24(32)18-11-16-13-30(17-6-7-17)10-9-15(16)12-19(18)25/h2-4,11-12,14,17H,5-10,13H2,1H3,(H,26,27,32)/t14-/m0/s1. The van der Waals surface area contributed by atoms with E-state index in [0.29, 0.717) is 29.4 Å². The van der Waals surface area contributed by atoms with Gasteiger partial charge in [-0.05, 0) is 68.0 Å².